The molecule has 0 aliphatic rings. The fraction of sp³-hybridized carbons (Fsp3) is 0.125. The molecule has 644 valence electrons. The van der Waals surface area contributed by atoms with E-state index in [0.29, 0.717) is 145 Å². The van der Waals surface area contributed by atoms with Gasteiger partial charge in [0.1, 0.15) is 0 Å². The molecule has 0 fully saturated rings. The number of benzene rings is 12. The number of hydrogen-bond acceptors (Lipinski definition) is 24. The predicted molar refractivity (Wildman–Crippen MR) is 460 cm³/mol. The molecule has 0 radical (unpaired) electrons. The van der Waals surface area contributed by atoms with Gasteiger partial charge in [0.25, 0.3) is 0 Å². The summed E-state index contributed by atoms with van der Waals surface area (Å²) in [5.74, 6) is -0.500. The van der Waals surface area contributed by atoms with Crippen molar-refractivity contribution in [2.45, 2.75) is 0 Å². The minimum atomic E-state index is -0.0416. The van der Waals surface area contributed by atoms with Gasteiger partial charge in [0.2, 0.25) is 0 Å². The van der Waals surface area contributed by atoms with Gasteiger partial charge in [-0.1, -0.05) is 291 Å². The first kappa shape index (κ1) is 107. The van der Waals surface area contributed by atoms with Crippen LogP contribution < -0.4 is 61.3 Å². The topological polar surface area (TPSA) is 425 Å². The quantitative estimate of drug-likeness (QED) is 0.0233. The smallest absolute Gasteiger partial charge is 0.872 e. The molecule has 0 aliphatic carbocycles. The van der Waals surface area contributed by atoms with Gasteiger partial charge in [0.05, 0.1) is 78.5 Å². The predicted octanol–water partition coefficient (Wildman–Crippen LogP) is 8.23. The van der Waals surface area contributed by atoms with Crippen LogP contribution in [0.1, 0.15) is 66.8 Å². The van der Waals surface area contributed by atoms with E-state index in [-0.39, 0.29) is 220 Å². The molecule has 12 rings (SSSR count). The van der Waals surface area contributed by atoms with E-state index in [2.05, 4.69) is 59.9 Å². The minimum Gasteiger partial charge on any atom is -0.872 e. The summed E-state index contributed by atoms with van der Waals surface area (Å²) < 4.78 is 0. The van der Waals surface area contributed by atoms with E-state index in [4.69, 9.17) is 0 Å². The van der Waals surface area contributed by atoms with Crippen molar-refractivity contribution in [2.24, 2.45) is 59.9 Å². The normalized spacial score (nSPS) is 11.0. The fourth-order valence-corrected chi connectivity index (χ4v) is 9.69. The summed E-state index contributed by atoms with van der Waals surface area (Å²) >= 11 is 0. The molecule has 28 heteroatoms. The van der Waals surface area contributed by atoms with E-state index in [1.807, 2.05) is 0 Å². The maximum absolute atomic E-state index is 11.4. The van der Waals surface area contributed by atoms with Crippen molar-refractivity contribution in [3.8, 4) is 69.0 Å². The molecule has 0 bridgehead atoms. The molecule has 12 aromatic rings. The molecule has 124 heavy (non-hydrogen) atoms. The van der Waals surface area contributed by atoms with E-state index in [0.717, 1.165) is 0 Å². The van der Waals surface area contributed by atoms with Crippen molar-refractivity contribution in [3.05, 3.63) is 358 Å². The molecule has 0 atom stereocenters. The Balaban J connectivity index is 0.000000382. The maximum Gasteiger partial charge on any atom is 3.00 e. The van der Waals surface area contributed by atoms with Gasteiger partial charge in [-0.25, -0.2) is 0 Å². The second-order valence-electron chi connectivity index (χ2n) is 24.9. The van der Waals surface area contributed by atoms with Gasteiger partial charge in [-0.3, -0.25) is 59.9 Å². The summed E-state index contributed by atoms with van der Waals surface area (Å²) in [5, 5.41) is 137. The second-order valence-corrected chi connectivity index (χ2v) is 24.9. The van der Waals surface area contributed by atoms with Crippen LogP contribution >= 0.6 is 0 Å². The van der Waals surface area contributed by atoms with Crippen molar-refractivity contribution in [1.29, 1.82) is 0 Å². The summed E-state index contributed by atoms with van der Waals surface area (Å²) in [6.45, 7) is 5.74. The number of nitrogens with zero attached hydrogens (tertiary/aromatic N) is 12. The summed E-state index contributed by atoms with van der Waals surface area (Å²) in [7, 11) is 0. The van der Waals surface area contributed by atoms with Crippen LogP contribution in [0.3, 0.4) is 0 Å². The SMILES string of the molecule is [Ho+3].[Ho+3].[Ho+3].[Ho+3].[O-]c1ccccc1C=NCCN=Cc1ccccc1[O-].[O-]c1ccccc1C=NCCN=Cc1ccccc1[O-].[O-]c1ccccc1C=NCCN=Cc1ccccc1[O-].[O-]c1ccccc1C=NCCN=Cc1ccccc1[O-].[O-]c1ccccc1C=NCCN=Cc1ccccc1[O-].[O-]c1ccccc1C=NCCN=Cc1ccccc1[O-]. The number of rotatable bonds is 30. The van der Waals surface area contributed by atoms with Crippen molar-refractivity contribution in [3.63, 3.8) is 0 Å². The second kappa shape index (κ2) is 65.9. The van der Waals surface area contributed by atoms with Crippen LogP contribution in [0.4, 0.5) is 0 Å². The molecule has 0 saturated heterocycles. The van der Waals surface area contributed by atoms with Gasteiger partial charge < -0.3 is 61.3 Å². The summed E-state index contributed by atoms with van der Waals surface area (Å²) in [5.41, 5.74) is 6.85. The Morgan fingerprint density at radius 1 is 0.121 bits per heavy atom. The minimum absolute atomic E-state index is 0. The first-order valence-electron chi connectivity index (χ1n) is 37.7. The zero-order valence-electron chi connectivity index (χ0n) is 66.6. The molecule has 0 aromatic heterocycles. The van der Waals surface area contributed by atoms with Crippen LogP contribution in [-0.2, 0) is 0 Å². The van der Waals surface area contributed by atoms with E-state index >= 15 is 0 Å². The van der Waals surface area contributed by atoms with Crippen molar-refractivity contribution in [2.75, 3.05) is 78.5 Å². The zero-order valence-corrected chi connectivity index (χ0v) is 74.3. The van der Waals surface area contributed by atoms with E-state index in [9.17, 15) is 61.3 Å². The average molecular weight is 2260 g/mol. The molecule has 0 amide bonds. The zero-order chi connectivity index (χ0) is 85.3. The van der Waals surface area contributed by atoms with Gasteiger partial charge in [-0.2, -0.15) is 0 Å². The van der Waals surface area contributed by atoms with Crippen LogP contribution in [-0.4, -0.2) is 153 Å². The Bertz CT molecular complexity index is 4280. The van der Waals surface area contributed by atoms with Crippen LogP contribution in [0.2, 0.25) is 0 Å². The Labute approximate surface area is 842 Å². The molecule has 0 heterocycles. The Morgan fingerprint density at radius 2 is 0.185 bits per heavy atom. The van der Waals surface area contributed by atoms with Crippen molar-refractivity contribution < 1.29 is 212 Å². The number of aliphatic imine (C=N–C) groups is 12. The van der Waals surface area contributed by atoms with Crippen molar-refractivity contribution in [1.82, 2.24) is 0 Å². The van der Waals surface area contributed by atoms with Gasteiger partial charge in [0, 0.05) is 74.6 Å². The first-order chi connectivity index (χ1) is 58.6. The molecular formula is C96H84Ho4N12O12. The third-order valence-electron chi connectivity index (χ3n) is 15.9. The molecule has 0 unspecified atom stereocenters. The molecule has 0 saturated carbocycles. The third kappa shape index (κ3) is 44.1. The number of para-hydroxylation sites is 12. The summed E-state index contributed by atoms with van der Waals surface area (Å²) in [6, 6.07) is 80.7. The van der Waals surface area contributed by atoms with Gasteiger partial charge >= 0.3 is 151 Å². The fourth-order valence-electron chi connectivity index (χ4n) is 9.69. The first-order valence-corrected chi connectivity index (χ1v) is 37.7. The molecular weight excluding hydrogens is 2170 g/mol. The van der Waals surface area contributed by atoms with E-state index in [1.165, 1.54) is 72.8 Å². The Hall–Kier alpha value is -10.7. The largest absolute Gasteiger partial charge is 3.00 e. The van der Waals surface area contributed by atoms with Crippen LogP contribution in [0.25, 0.3) is 0 Å². The third-order valence-corrected chi connectivity index (χ3v) is 15.9. The van der Waals surface area contributed by atoms with E-state index < -0.39 is 0 Å². The molecule has 0 aliphatic heterocycles. The number of hydrogen-bond donors (Lipinski definition) is 0. The van der Waals surface area contributed by atoms with Gasteiger partial charge in [0.15, 0.2) is 0 Å². The summed E-state index contributed by atoms with van der Waals surface area (Å²) in [6.07, 6.45) is 18.7. The van der Waals surface area contributed by atoms with Gasteiger partial charge in [-0.05, 0) is 66.8 Å². The van der Waals surface area contributed by atoms with Crippen LogP contribution in [0.15, 0.2) is 351 Å². The average Bonchev–Trinajstić information content (AvgIpc) is 0.908. The van der Waals surface area contributed by atoms with E-state index in [1.54, 1.807) is 293 Å². The van der Waals surface area contributed by atoms with Crippen molar-refractivity contribution >= 4 is 74.6 Å². The summed E-state index contributed by atoms with van der Waals surface area (Å²) in [4.78, 5) is 49.7. The molecule has 0 spiro atoms. The van der Waals surface area contributed by atoms with Crippen LogP contribution in [0.5, 0.6) is 69.0 Å². The Kier molecular flexibility index (Phi) is 57.1. The van der Waals surface area contributed by atoms with Gasteiger partial charge in [-0.15, -0.1) is 69.0 Å². The Morgan fingerprint density at radius 3 is 0.250 bits per heavy atom. The molecule has 24 nitrogen and oxygen atoms in total. The standard InChI is InChI=1S/6C16H16N2O2.4Ho/c6*19-15-7-3-1-5-13(15)11-17-9-10-18-12-14-6-2-4-8-16(14)20;;;;/h6*1-8,11-12,19-20H,9-10H2;;;;/q;;;;;;4*+3/p-12. The molecule has 12 aromatic carbocycles. The molecule has 0 N–H and O–H groups in total. The maximum atomic E-state index is 11.4. The monoisotopic (exact) mass is 2260 g/mol. The van der Waals surface area contributed by atoms with Crippen LogP contribution in [0, 0.1) is 151 Å².